The molecule has 29 heavy (non-hydrogen) atoms. The highest BCUT2D eigenvalue weighted by Gasteiger charge is 2.37. The number of aromatic hydroxyl groups is 1. The van der Waals surface area contributed by atoms with Crippen molar-refractivity contribution in [3.05, 3.63) is 27.7 Å². The highest BCUT2D eigenvalue weighted by molar-refractivity contribution is 7.90. The molecule has 0 aliphatic carbocycles. The first-order valence-electron chi connectivity index (χ1n) is 9.26. The van der Waals surface area contributed by atoms with Crippen LogP contribution in [0.15, 0.2) is 16.7 Å². The molecule has 0 amide bonds. The Morgan fingerprint density at radius 2 is 1.93 bits per heavy atom. The van der Waals surface area contributed by atoms with Crippen LogP contribution in [0.3, 0.4) is 0 Å². The van der Waals surface area contributed by atoms with Gasteiger partial charge < -0.3 is 24.8 Å². The van der Waals surface area contributed by atoms with E-state index in [9.17, 15) is 9.66 Å². The topological polar surface area (TPSA) is 123 Å². The third-order valence-corrected chi connectivity index (χ3v) is 7.22. The van der Waals surface area contributed by atoms with Gasteiger partial charge in [-0.3, -0.25) is 0 Å². The van der Waals surface area contributed by atoms with Crippen LogP contribution in [0.25, 0.3) is 0 Å². The molecule has 2 heterocycles. The predicted octanol–water partition coefficient (Wildman–Crippen LogP) is 3.67. The molecular formula is C18H25Cl2N5O3S. The van der Waals surface area contributed by atoms with E-state index in [1.165, 1.54) is 6.07 Å². The zero-order chi connectivity index (χ0) is 21.3. The van der Waals surface area contributed by atoms with Crippen LogP contribution >= 0.6 is 23.2 Å². The fraction of sp³-hybridized carbons (Fsp3) is 0.556. The molecular weight excluding hydrogens is 437 g/mol. The number of nitrogens with one attached hydrogen (secondary N) is 1. The number of hydrogen-bond donors (Lipinski definition) is 3. The maximum atomic E-state index is 12.8. The Bertz CT molecular complexity index is 853. The van der Waals surface area contributed by atoms with Gasteiger partial charge in [-0.1, -0.05) is 23.2 Å². The molecule has 2 atom stereocenters. The molecule has 1 unspecified atom stereocenters. The number of rotatable bonds is 5. The third-order valence-electron chi connectivity index (χ3n) is 4.92. The summed E-state index contributed by atoms with van der Waals surface area (Å²) >= 11 is 10.9. The van der Waals surface area contributed by atoms with E-state index in [1.807, 2.05) is 25.7 Å². The van der Waals surface area contributed by atoms with Crippen LogP contribution in [0.1, 0.15) is 45.2 Å². The number of anilines is 2. The lowest BCUT2D eigenvalue weighted by Gasteiger charge is -2.37. The molecule has 2 aromatic rings. The number of hydrogen-bond acceptors (Lipinski definition) is 8. The second-order valence-corrected chi connectivity index (χ2v) is 10.9. The molecule has 1 aliphatic rings. The summed E-state index contributed by atoms with van der Waals surface area (Å²) in [6.45, 7) is 7.03. The Hall–Kier alpha value is -1.39. The smallest absolute Gasteiger partial charge is 0.320 e. The van der Waals surface area contributed by atoms with Crippen molar-refractivity contribution in [3.63, 3.8) is 0 Å². The van der Waals surface area contributed by atoms with Gasteiger partial charge in [0.05, 0.1) is 16.1 Å². The second-order valence-electron chi connectivity index (χ2n) is 8.06. The van der Waals surface area contributed by atoms with Crippen molar-refractivity contribution in [2.24, 2.45) is 5.92 Å². The van der Waals surface area contributed by atoms with Crippen LogP contribution < -0.4 is 15.4 Å². The molecule has 3 rings (SSSR count). The van der Waals surface area contributed by atoms with Crippen LogP contribution in [0.2, 0.25) is 10.0 Å². The Balaban J connectivity index is 1.83. The minimum Gasteiger partial charge on any atom is -0.598 e. The Morgan fingerprint density at radius 3 is 2.48 bits per heavy atom. The van der Waals surface area contributed by atoms with Gasteiger partial charge in [-0.05, 0) is 50.8 Å². The minimum absolute atomic E-state index is 0.0242. The van der Waals surface area contributed by atoms with Gasteiger partial charge in [0.15, 0.2) is 0 Å². The second kappa shape index (κ2) is 8.77. The van der Waals surface area contributed by atoms with Gasteiger partial charge >= 0.3 is 6.01 Å². The quantitative estimate of drug-likeness (QED) is 0.575. The molecule has 4 N–H and O–H groups in total. The molecule has 1 aromatic carbocycles. The van der Waals surface area contributed by atoms with E-state index in [4.69, 9.17) is 33.5 Å². The van der Waals surface area contributed by atoms with Crippen LogP contribution in [0, 0.1) is 5.92 Å². The zero-order valence-electron chi connectivity index (χ0n) is 16.5. The van der Waals surface area contributed by atoms with E-state index in [0.29, 0.717) is 29.6 Å². The fourth-order valence-corrected chi connectivity index (χ4v) is 4.53. The predicted molar refractivity (Wildman–Crippen MR) is 116 cm³/mol. The monoisotopic (exact) mass is 461 g/mol. The summed E-state index contributed by atoms with van der Waals surface area (Å²) in [7, 11) is 0. The van der Waals surface area contributed by atoms with Crippen molar-refractivity contribution < 1.29 is 14.2 Å². The van der Waals surface area contributed by atoms with Gasteiger partial charge in [-0.25, -0.2) is 0 Å². The maximum Gasteiger partial charge on any atom is 0.320 e. The van der Waals surface area contributed by atoms with Crippen molar-refractivity contribution in [1.29, 1.82) is 0 Å². The van der Waals surface area contributed by atoms with E-state index in [-0.39, 0.29) is 28.7 Å². The first-order chi connectivity index (χ1) is 13.6. The average Bonchev–Trinajstić information content (AvgIpc) is 3.08. The van der Waals surface area contributed by atoms with Gasteiger partial charge in [0.1, 0.15) is 10.5 Å². The van der Waals surface area contributed by atoms with Crippen molar-refractivity contribution in [1.82, 2.24) is 14.9 Å². The summed E-state index contributed by atoms with van der Waals surface area (Å²) < 4.78 is 20.4. The molecule has 8 nitrogen and oxygen atoms in total. The Morgan fingerprint density at radius 1 is 1.31 bits per heavy atom. The number of piperidine rings is 1. The fourth-order valence-electron chi connectivity index (χ4n) is 3.29. The largest absolute Gasteiger partial charge is 0.598 e. The van der Waals surface area contributed by atoms with Crippen LogP contribution in [-0.4, -0.2) is 37.6 Å². The molecule has 11 heteroatoms. The summed E-state index contributed by atoms with van der Waals surface area (Å²) in [6, 6.07) is 2.74. The number of halogens is 2. The zero-order valence-corrected chi connectivity index (χ0v) is 18.8. The average molecular weight is 462 g/mol. The Kier molecular flexibility index (Phi) is 6.74. The maximum absolute atomic E-state index is 12.8. The molecule has 0 radical (unpaired) electrons. The minimum atomic E-state index is -1.34. The molecule has 1 aliphatic heterocycles. The lowest BCUT2D eigenvalue weighted by atomic mass is 9.85. The number of nitrogens with zero attached hydrogens (tertiary/aromatic N) is 3. The number of nitrogens with two attached hydrogens (primary N) is 1. The summed E-state index contributed by atoms with van der Waals surface area (Å²) in [5, 5.41) is 15.0. The summed E-state index contributed by atoms with van der Waals surface area (Å²) in [4.78, 5) is 6.06. The van der Waals surface area contributed by atoms with Crippen LogP contribution in [0.4, 0.5) is 12.0 Å². The SMILES string of the molecule is CC(C)(C)[S@+]([O-])NC(c1cc(Cl)c(Cl)cc1O)C1CCN(c2noc(N)n2)CC1. The molecule has 1 aromatic heterocycles. The van der Waals surface area contributed by atoms with Gasteiger partial charge in [-0.15, -0.1) is 4.72 Å². The lowest BCUT2D eigenvalue weighted by molar-refractivity contribution is 0.314. The lowest BCUT2D eigenvalue weighted by Crippen LogP contribution is -2.45. The summed E-state index contributed by atoms with van der Waals surface area (Å²) in [5.74, 6) is 0.585. The summed E-state index contributed by atoms with van der Waals surface area (Å²) in [5.41, 5.74) is 6.10. The van der Waals surface area contributed by atoms with Gasteiger partial charge in [0.25, 0.3) is 5.95 Å². The standard InChI is InChI=1S/C18H25Cl2N5O3S/c1-18(2,3)29(27)24-15(11-8-12(19)13(20)9-14(11)26)10-4-6-25(7-5-10)17-22-16(21)28-23-17/h8-10,15,24,26H,4-7H2,1-3H3,(H2,21,22,23)/t15?,29-/m0/s1. The number of nitrogen functional groups attached to an aromatic ring is 1. The number of aromatic nitrogens is 2. The number of phenols is 1. The number of benzene rings is 1. The van der Waals surface area contributed by atoms with Crippen molar-refractivity contribution in [2.45, 2.75) is 44.4 Å². The van der Waals surface area contributed by atoms with E-state index in [0.717, 1.165) is 12.8 Å². The van der Waals surface area contributed by atoms with E-state index in [1.54, 1.807) is 6.07 Å². The molecule has 0 saturated carbocycles. The molecule has 160 valence electrons. The van der Waals surface area contributed by atoms with Crippen molar-refractivity contribution >= 4 is 46.5 Å². The molecule has 1 fully saturated rings. The molecule has 0 spiro atoms. The van der Waals surface area contributed by atoms with Crippen LogP contribution in [0.5, 0.6) is 5.75 Å². The number of phenolic OH excluding ortho intramolecular Hbond substituents is 1. The Labute approximate surface area is 183 Å². The van der Waals surface area contributed by atoms with Crippen molar-refractivity contribution in [3.8, 4) is 5.75 Å². The van der Waals surface area contributed by atoms with E-state index >= 15 is 0 Å². The van der Waals surface area contributed by atoms with Gasteiger partial charge in [0, 0.05) is 36.1 Å². The van der Waals surface area contributed by atoms with Crippen molar-refractivity contribution in [2.75, 3.05) is 23.7 Å². The highest BCUT2D eigenvalue weighted by Crippen LogP contribution is 2.40. The molecule has 0 bridgehead atoms. The van der Waals surface area contributed by atoms with E-state index in [2.05, 4.69) is 14.9 Å². The highest BCUT2D eigenvalue weighted by atomic mass is 35.5. The first kappa shape index (κ1) is 22.3. The van der Waals surface area contributed by atoms with Gasteiger partial charge in [0.2, 0.25) is 0 Å². The van der Waals surface area contributed by atoms with Gasteiger partial charge in [-0.2, -0.15) is 4.98 Å². The van der Waals surface area contributed by atoms with Crippen LogP contribution in [-0.2, 0) is 11.4 Å². The third kappa shape index (κ3) is 5.21. The summed E-state index contributed by atoms with van der Waals surface area (Å²) in [6.07, 6.45) is 1.51. The van der Waals surface area contributed by atoms with E-state index < -0.39 is 16.1 Å². The normalized spacial score (nSPS) is 18.1. The first-order valence-corrected chi connectivity index (χ1v) is 11.2. The molecule has 1 saturated heterocycles.